The highest BCUT2D eigenvalue weighted by molar-refractivity contribution is 5.96. The fourth-order valence-corrected chi connectivity index (χ4v) is 14.1. The van der Waals surface area contributed by atoms with Crippen LogP contribution in [0, 0.1) is 0 Å². The number of hydrogen-bond donors (Lipinski definition) is 0. The van der Waals surface area contributed by atoms with Gasteiger partial charge in [0, 0.05) is 16.7 Å². The number of rotatable bonds is 13. The second-order valence-electron chi connectivity index (χ2n) is 23.8. The first-order valence-electron chi connectivity index (χ1n) is 31.5. The molecule has 0 unspecified atom stereocenters. The van der Waals surface area contributed by atoms with Gasteiger partial charge in [0.2, 0.25) is 0 Å². The standard InChI is InChI=1S/C89H61N3/c1-3-5-25-59(4-2)63-32-21-34-65(48-63)74-52-72(61-28-11-7-12-29-61)54-76(56-74)67-36-23-38-69(50-67)86-90-87(70-39-24-37-68(51-70)77-55-73(62-30-13-8-14-31-62)53-75(57-77)66-35-22-33-64(49-66)60-26-9-6-10-27-60)92-88(91-86)71-46-47-81-80-42-17-20-45-84(80)89(85(81)58-71)82-43-18-15-40-78(82)79-41-16-19-44-83(79)89/h3-58H,1H2,2H3/b25-5-,59-4+. The van der Waals surface area contributed by atoms with Crippen molar-refractivity contribution in [1.82, 2.24) is 15.0 Å². The maximum atomic E-state index is 5.56. The van der Waals surface area contributed by atoms with Crippen molar-refractivity contribution in [2.45, 2.75) is 12.3 Å². The van der Waals surface area contributed by atoms with Crippen LogP contribution in [0.1, 0.15) is 34.7 Å². The number of nitrogens with zero attached hydrogens (tertiary/aromatic N) is 3. The first-order chi connectivity index (χ1) is 45.5. The van der Waals surface area contributed by atoms with Crippen molar-refractivity contribution in [2.75, 3.05) is 0 Å². The van der Waals surface area contributed by atoms with Crippen LogP contribution in [-0.2, 0) is 5.41 Å². The molecule has 0 atom stereocenters. The zero-order valence-corrected chi connectivity index (χ0v) is 50.9. The van der Waals surface area contributed by atoms with Crippen LogP contribution in [0.25, 0.3) is 140 Å². The summed E-state index contributed by atoms with van der Waals surface area (Å²) in [6.07, 6.45) is 8.06. The van der Waals surface area contributed by atoms with E-state index in [1.165, 1.54) is 55.6 Å². The van der Waals surface area contributed by atoms with Gasteiger partial charge < -0.3 is 0 Å². The van der Waals surface area contributed by atoms with Crippen molar-refractivity contribution >= 4 is 5.57 Å². The molecule has 13 aromatic carbocycles. The van der Waals surface area contributed by atoms with Crippen molar-refractivity contribution in [1.29, 1.82) is 0 Å². The molecule has 92 heavy (non-hydrogen) atoms. The van der Waals surface area contributed by atoms with Crippen molar-refractivity contribution in [3.8, 4) is 134 Å². The van der Waals surface area contributed by atoms with Crippen LogP contribution in [0.2, 0.25) is 0 Å². The topological polar surface area (TPSA) is 38.7 Å². The molecule has 1 aromatic heterocycles. The summed E-state index contributed by atoms with van der Waals surface area (Å²) in [5.74, 6) is 1.76. The first-order valence-corrected chi connectivity index (χ1v) is 31.5. The fraction of sp³-hybridized carbons (Fsp3) is 0.0225. The fourth-order valence-electron chi connectivity index (χ4n) is 14.1. The van der Waals surface area contributed by atoms with Crippen molar-refractivity contribution in [2.24, 2.45) is 0 Å². The Balaban J connectivity index is 0.869. The van der Waals surface area contributed by atoms with E-state index in [9.17, 15) is 0 Å². The normalized spacial score (nSPS) is 12.6. The van der Waals surface area contributed by atoms with E-state index in [2.05, 4.69) is 341 Å². The van der Waals surface area contributed by atoms with Gasteiger partial charge in [0.25, 0.3) is 0 Å². The number of benzene rings is 13. The summed E-state index contributed by atoms with van der Waals surface area (Å²) in [4.78, 5) is 16.6. The number of aromatic nitrogens is 3. The highest BCUT2D eigenvalue weighted by Gasteiger charge is 2.51. The minimum absolute atomic E-state index is 0.543. The summed E-state index contributed by atoms with van der Waals surface area (Å²) in [6, 6.07) is 115. The van der Waals surface area contributed by atoms with Gasteiger partial charge in [-0.2, -0.15) is 0 Å². The van der Waals surface area contributed by atoms with Gasteiger partial charge in [-0.3, -0.25) is 0 Å². The summed E-state index contributed by atoms with van der Waals surface area (Å²) in [7, 11) is 0. The lowest BCUT2D eigenvalue weighted by molar-refractivity contribution is 0.794. The molecule has 3 nitrogen and oxygen atoms in total. The molecule has 0 radical (unpaired) electrons. The first kappa shape index (κ1) is 55.4. The van der Waals surface area contributed by atoms with Gasteiger partial charge in [-0.1, -0.05) is 280 Å². The molecule has 2 aliphatic rings. The lowest BCUT2D eigenvalue weighted by Gasteiger charge is -2.30. The third kappa shape index (κ3) is 9.94. The third-order valence-corrected chi connectivity index (χ3v) is 18.4. The summed E-state index contributed by atoms with van der Waals surface area (Å²) in [5.41, 5.74) is 30.2. The molecule has 14 aromatic rings. The minimum Gasteiger partial charge on any atom is -0.208 e. The Kier molecular flexibility index (Phi) is 14.2. The molecule has 0 bridgehead atoms. The molecule has 432 valence electrons. The largest absolute Gasteiger partial charge is 0.208 e. The van der Waals surface area contributed by atoms with E-state index >= 15 is 0 Å². The van der Waals surface area contributed by atoms with E-state index in [4.69, 9.17) is 15.0 Å². The number of fused-ring (bicyclic) bond motifs is 10. The monoisotopic (exact) mass is 1170 g/mol. The summed E-state index contributed by atoms with van der Waals surface area (Å²) in [6.45, 7) is 6.00. The van der Waals surface area contributed by atoms with Gasteiger partial charge in [-0.15, -0.1) is 0 Å². The predicted octanol–water partition coefficient (Wildman–Crippen LogP) is 23.0. The highest BCUT2D eigenvalue weighted by atomic mass is 15.0. The van der Waals surface area contributed by atoms with Crippen LogP contribution in [0.5, 0.6) is 0 Å². The molecule has 0 amide bonds. The summed E-state index contributed by atoms with van der Waals surface area (Å²) >= 11 is 0. The Morgan fingerprint density at radius 1 is 0.272 bits per heavy atom. The van der Waals surface area contributed by atoms with Crippen molar-refractivity contribution < 1.29 is 0 Å². The van der Waals surface area contributed by atoms with E-state index in [0.29, 0.717) is 17.5 Å². The van der Waals surface area contributed by atoms with E-state index in [0.717, 1.165) is 94.6 Å². The zero-order valence-electron chi connectivity index (χ0n) is 50.9. The Bertz CT molecular complexity index is 5180. The van der Waals surface area contributed by atoms with Crippen LogP contribution >= 0.6 is 0 Å². The second-order valence-corrected chi connectivity index (χ2v) is 23.8. The smallest absolute Gasteiger partial charge is 0.164 e. The van der Waals surface area contributed by atoms with Gasteiger partial charge in [-0.25, -0.2) is 15.0 Å². The molecule has 0 N–H and O–H groups in total. The Labute approximate surface area is 538 Å². The lowest BCUT2D eigenvalue weighted by atomic mass is 9.70. The van der Waals surface area contributed by atoms with Crippen molar-refractivity contribution in [3.63, 3.8) is 0 Å². The van der Waals surface area contributed by atoms with Crippen LogP contribution in [0.15, 0.2) is 346 Å². The summed E-state index contributed by atoms with van der Waals surface area (Å²) < 4.78 is 0. The Morgan fingerprint density at radius 2 is 0.576 bits per heavy atom. The van der Waals surface area contributed by atoms with Gasteiger partial charge in [0.15, 0.2) is 17.5 Å². The maximum Gasteiger partial charge on any atom is 0.164 e. The highest BCUT2D eigenvalue weighted by Crippen LogP contribution is 2.63. The van der Waals surface area contributed by atoms with E-state index in [1.807, 2.05) is 12.2 Å². The van der Waals surface area contributed by atoms with Gasteiger partial charge >= 0.3 is 0 Å². The molecule has 1 heterocycles. The molecule has 2 aliphatic carbocycles. The molecule has 3 heteroatoms. The molecule has 16 rings (SSSR count). The average molecular weight is 1170 g/mol. The second kappa shape index (κ2) is 23.6. The van der Waals surface area contributed by atoms with E-state index in [-0.39, 0.29) is 0 Å². The maximum absolute atomic E-state index is 5.56. The number of allylic oxidation sites excluding steroid dienone is 5. The SMILES string of the molecule is C=C/C=C\C(=C/C)c1cccc(-c2cc(-c3ccccc3)cc(-c3cccc(-c4nc(-c5cccc(-c6cc(-c7ccccc7)cc(-c7cccc(-c8ccccc8)c7)c6)c5)nc(-c5ccc6c(c5)C5(c7ccccc7-c7ccccc75)c5ccccc5-6)n4)c3)c2)c1. The van der Waals surface area contributed by atoms with Crippen molar-refractivity contribution in [3.05, 3.63) is 374 Å². The molecule has 0 saturated carbocycles. The molecular weight excluding hydrogens is 1110 g/mol. The Morgan fingerprint density at radius 3 is 1.00 bits per heavy atom. The molecular formula is C89H61N3. The third-order valence-electron chi connectivity index (χ3n) is 18.4. The molecule has 1 spiro atoms. The number of hydrogen-bond acceptors (Lipinski definition) is 3. The Hall–Kier alpha value is -11.9. The van der Waals surface area contributed by atoms with Crippen LogP contribution < -0.4 is 0 Å². The predicted molar refractivity (Wildman–Crippen MR) is 383 cm³/mol. The van der Waals surface area contributed by atoms with Gasteiger partial charge in [0.05, 0.1) is 5.41 Å². The molecule has 0 aliphatic heterocycles. The molecule has 0 fully saturated rings. The van der Waals surface area contributed by atoms with Crippen LogP contribution in [0.4, 0.5) is 0 Å². The average Bonchev–Trinajstić information content (AvgIpc) is 1.51. The van der Waals surface area contributed by atoms with E-state index < -0.39 is 5.41 Å². The van der Waals surface area contributed by atoms with Crippen LogP contribution in [-0.4, -0.2) is 15.0 Å². The quantitative estimate of drug-likeness (QED) is 0.108. The minimum atomic E-state index is -0.543. The van der Waals surface area contributed by atoms with E-state index in [1.54, 1.807) is 0 Å². The lowest BCUT2D eigenvalue weighted by Crippen LogP contribution is -2.25. The summed E-state index contributed by atoms with van der Waals surface area (Å²) in [5, 5.41) is 0. The van der Waals surface area contributed by atoms with Crippen LogP contribution in [0.3, 0.4) is 0 Å². The molecule has 0 saturated heterocycles. The zero-order chi connectivity index (χ0) is 61.5. The van der Waals surface area contributed by atoms with Gasteiger partial charge in [0.1, 0.15) is 0 Å². The van der Waals surface area contributed by atoms with Gasteiger partial charge in [-0.05, 0) is 207 Å².